The molecule has 57 heavy (non-hydrogen) atoms. The van der Waals surface area contributed by atoms with Crippen LogP contribution in [-0.4, -0.2) is 50.7 Å². The van der Waals surface area contributed by atoms with Crippen molar-refractivity contribution >= 4 is 24.4 Å². The monoisotopic (exact) mass is 774 g/mol. The highest BCUT2D eigenvalue weighted by Gasteiger charge is 2.10. The molecule has 0 atom stereocenters. The summed E-state index contributed by atoms with van der Waals surface area (Å²) >= 11 is 0. The molecular formula is C49H62N2O6. The summed E-state index contributed by atoms with van der Waals surface area (Å²) in [6, 6.07) is 29.0. The number of nitrogens with zero attached hydrogens (tertiary/aromatic N) is 2. The number of carbonyl (C=O) groups is 2. The van der Waals surface area contributed by atoms with E-state index in [-0.39, 0.29) is 0 Å². The highest BCUT2D eigenvalue weighted by atomic mass is 16.5. The van der Waals surface area contributed by atoms with Gasteiger partial charge in [0.15, 0.2) is 0 Å². The third-order valence-electron chi connectivity index (χ3n) is 9.45. The quantitative estimate of drug-likeness (QED) is 0.0247. The van der Waals surface area contributed by atoms with Crippen LogP contribution in [0.25, 0.3) is 0 Å². The summed E-state index contributed by atoms with van der Waals surface area (Å²) in [6.45, 7) is 7.35. The van der Waals surface area contributed by atoms with Gasteiger partial charge in [-0.3, -0.25) is 9.98 Å². The Morgan fingerprint density at radius 1 is 0.421 bits per heavy atom. The summed E-state index contributed by atoms with van der Waals surface area (Å²) in [6.07, 6.45) is 21.1. The second-order valence-corrected chi connectivity index (χ2v) is 14.3. The van der Waals surface area contributed by atoms with Crippen LogP contribution in [0.1, 0.15) is 142 Å². The highest BCUT2D eigenvalue weighted by molar-refractivity contribution is 5.92. The van der Waals surface area contributed by atoms with Gasteiger partial charge in [0.1, 0.15) is 23.0 Å². The van der Waals surface area contributed by atoms with E-state index >= 15 is 0 Å². The molecule has 0 heterocycles. The molecule has 0 aliphatic carbocycles. The summed E-state index contributed by atoms with van der Waals surface area (Å²) in [5, 5.41) is 0. The third kappa shape index (κ3) is 18.5. The molecule has 0 aliphatic rings. The maximum atomic E-state index is 12.6. The molecular weight excluding hydrogens is 713 g/mol. The Hall–Kier alpha value is -5.24. The van der Waals surface area contributed by atoms with E-state index in [0.717, 1.165) is 80.7 Å². The van der Waals surface area contributed by atoms with Gasteiger partial charge in [-0.25, -0.2) is 9.59 Å². The average molecular weight is 775 g/mol. The molecule has 0 bridgehead atoms. The van der Waals surface area contributed by atoms with Crippen LogP contribution < -0.4 is 18.9 Å². The number of rotatable bonds is 28. The van der Waals surface area contributed by atoms with E-state index in [1.54, 1.807) is 48.5 Å². The van der Waals surface area contributed by atoms with Gasteiger partial charge < -0.3 is 18.9 Å². The lowest BCUT2D eigenvalue weighted by Gasteiger charge is -2.08. The van der Waals surface area contributed by atoms with E-state index in [0.29, 0.717) is 35.8 Å². The Labute approximate surface area is 340 Å². The maximum absolute atomic E-state index is 12.6. The first-order valence-electron chi connectivity index (χ1n) is 21.1. The van der Waals surface area contributed by atoms with Crippen molar-refractivity contribution in [3.05, 3.63) is 119 Å². The first-order chi connectivity index (χ1) is 28.0. The maximum Gasteiger partial charge on any atom is 0.343 e. The second-order valence-electron chi connectivity index (χ2n) is 14.3. The molecule has 8 nitrogen and oxygen atoms in total. The van der Waals surface area contributed by atoms with Crippen LogP contribution >= 0.6 is 0 Å². The van der Waals surface area contributed by atoms with Gasteiger partial charge in [0.2, 0.25) is 0 Å². The van der Waals surface area contributed by atoms with Crippen molar-refractivity contribution in [1.29, 1.82) is 0 Å². The van der Waals surface area contributed by atoms with Crippen LogP contribution in [0.15, 0.2) is 107 Å². The zero-order chi connectivity index (χ0) is 40.2. The van der Waals surface area contributed by atoms with Crippen LogP contribution in [0.2, 0.25) is 0 Å². The Balaban J connectivity index is 1.01. The Kier molecular flexibility index (Phi) is 21.4. The topological polar surface area (TPSA) is 95.8 Å². The number of ether oxygens (including phenoxy) is 4. The summed E-state index contributed by atoms with van der Waals surface area (Å²) in [5.41, 5.74) is 2.91. The molecule has 0 amide bonds. The van der Waals surface area contributed by atoms with E-state index in [1.807, 2.05) is 61.0 Å². The van der Waals surface area contributed by atoms with Crippen molar-refractivity contribution in [3.63, 3.8) is 0 Å². The van der Waals surface area contributed by atoms with Crippen molar-refractivity contribution < 1.29 is 28.5 Å². The van der Waals surface area contributed by atoms with E-state index in [4.69, 9.17) is 18.9 Å². The minimum atomic E-state index is -0.395. The minimum absolute atomic E-state index is 0.395. The highest BCUT2D eigenvalue weighted by Crippen LogP contribution is 2.19. The molecule has 4 aromatic rings. The van der Waals surface area contributed by atoms with E-state index in [9.17, 15) is 9.59 Å². The van der Waals surface area contributed by atoms with Crippen molar-refractivity contribution in [1.82, 2.24) is 0 Å². The number of carbonyl (C=O) groups excluding carboxylic acids is 2. The number of hydrogen-bond donors (Lipinski definition) is 0. The van der Waals surface area contributed by atoms with Crippen molar-refractivity contribution in [3.8, 4) is 23.0 Å². The number of unbranched alkanes of at least 4 members (excludes halogenated alkanes) is 12. The Morgan fingerprint density at radius 3 is 1.14 bits per heavy atom. The van der Waals surface area contributed by atoms with Gasteiger partial charge in [0.05, 0.1) is 24.3 Å². The van der Waals surface area contributed by atoms with E-state index in [1.165, 1.54) is 51.4 Å². The molecule has 8 heteroatoms. The largest absolute Gasteiger partial charge is 0.494 e. The first kappa shape index (κ1) is 44.5. The Morgan fingerprint density at radius 2 is 0.754 bits per heavy atom. The van der Waals surface area contributed by atoms with Crippen molar-refractivity contribution in [2.45, 2.75) is 110 Å². The molecule has 0 spiro atoms. The van der Waals surface area contributed by atoms with Crippen molar-refractivity contribution in [2.75, 3.05) is 26.3 Å². The lowest BCUT2D eigenvalue weighted by Crippen LogP contribution is -2.08. The van der Waals surface area contributed by atoms with Crippen molar-refractivity contribution in [2.24, 2.45) is 9.98 Å². The molecule has 0 aromatic heterocycles. The Bertz CT molecular complexity index is 1620. The molecule has 4 aromatic carbocycles. The van der Waals surface area contributed by atoms with Crippen LogP contribution in [0.3, 0.4) is 0 Å². The molecule has 0 radical (unpaired) electrons. The molecule has 0 saturated heterocycles. The second kappa shape index (κ2) is 27.4. The number of aliphatic imine (C=N–C) groups is 2. The molecule has 4 rings (SSSR count). The van der Waals surface area contributed by atoms with Gasteiger partial charge in [-0.15, -0.1) is 0 Å². The first-order valence-corrected chi connectivity index (χ1v) is 21.1. The van der Waals surface area contributed by atoms with E-state index in [2.05, 4.69) is 23.8 Å². The molecule has 0 fully saturated rings. The van der Waals surface area contributed by atoms with Gasteiger partial charge in [0, 0.05) is 25.5 Å². The molecule has 0 N–H and O–H groups in total. The van der Waals surface area contributed by atoms with Crippen LogP contribution in [0.5, 0.6) is 23.0 Å². The van der Waals surface area contributed by atoms with Crippen LogP contribution in [-0.2, 0) is 0 Å². The molecule has 0 unspecified atom stereocenters. The van der Waals surface area contributed by atoms with Gasteiger partial charge in [-0.1, -0.05) is 84.5 Å². The number of hydrogen-bond acceptors (Lipinski definition) is 8. The predicted octanol–water partition coefficient (Wildman–Crippen LogP) is 12.3. The lowest BCUT2D eigenvalue weighted by atomic mass is 10.1. The molecule has 0 aliphatic heterocycles. The third-order valence-corrected chi connectivity index (χ3v) is 9.45. The fourth-order valence-electron chi connectivity index (χ4n) is 6.02. The fraction of sp³-hybridized carbons (Fsp3) is 0.429. The summed E-state index contributed by atoms with van der Waals surface area (Å²) < 4.78 is 22.7. The zero-order valence-electron chi connectivity index (χ0n) is 34.2. The summed E-state index contributed by atoms with van der Waals surface area (Å²) in [4.78, 5) is 34.3. The normalized spacial score (nSPS) is 11.3. The van der Waals surface area contributed by atoms with Gasteiger partial charge in [-0.05, 0) is 134 Å². The van der Waals surface area contributed by atoms with Gasteiger partial charge >= 0.3 is 11.9 Å². The van der Waals surface area contributed by atoms with Gasteiger partial charge in [0.25, 0.3) is 0 Å². The average Bonchev–Trinajstić information content (AvgIpc) is 3.24. The summed E-state index contributed by atoms with van der Waals surface area (Å²) in [7, 11) is 0. The molecule has 304 valence electrons. The van der Waals surface area contributed by atoms with Crippen LogP contribution in [0.4, 0.5) is 0 Å². The zero-order valence-corrected chi connectivity index (χ0v) is 34.2. The standard InChI is InChI=1S/C49H62N2O6/c1-3-5-7-12-16-36-54-44-30-22-42(23-31-44)48(52)56-46-26-18-40(19-27-46)38-50-34-14-10-9-11-15-35-51-39-41-20-28-47(29-21-41)57-49(53)43-24-32-45(33-25-43)55-37-17-13-8-6-4-2/h18-33,38-39H,3-17,34-37H2,1-2H3. The SMILES string of the molecule is CCCCCCCOc1ccc(C(=O)Oc2ccc(C=NCCCCCCCN=Cc3ccc(OC(=O)c4ccc(OCCCCCCC)cc4)cc3)cc2)cc1. The van der Waals surface area contributed by atoms with Crippen LogP contribution in [0, 0.1) is 0 Å². The molecule has 0 saturated carbocycles. The number of benzene rings is 4. The smallest absolute Gasteiger partial charge is 0.343 e. The minimum Gasteiger partial charge on any atom is -0.494 e. The fourth-order valence-corrected chi connectivity index (χ4v) is 6.02. The number of esters is 2. The van der Waals surface area contributed by atoms with E-state index < -0.39 is 11.9 Å². The summed E-state index contributed by atoms with van der Waals surface area (Å²) in [5.74, 6) is 1.74. The predicted molar refractivity (Wildman–Crippen MR) is 232 cm³/mol. The van der Waals surface area contributed by atoms with Gasteiger partial charge in [-0.2, -0.15) is 0 Å². The lowest BCUT2D eigenvalue weighted by molar-refractivity contribution is 0.0725.